The number of phenolic OH excluding ortho intramolecular Hbond substituents is 1. The Kier molecular flexibility index (Phi) is 12.1. The van der Waals surface area contributed by atoms with Crippen molar-refractivity contribution in [3.8, 4) is 5.75 Å². The van der Waals surface area contributed by atoms with Crippen LogP contribution in [0.3, 0.4) is 0 Å². The number of nitrogens with one attached hydrogen (secondary N) is 1. The lowest BCUT2D eigenvalue weighted by atomic mass is 9.98. The first kappa shape index (κ1) is 37.9. The predicted molar refractivity (Wildman–Crippen MR) is 197 cm³/mol. The minimum absolute atomic E-state index is 0.0100. The highest BCUT2D eigenvalue weighted by Crippen LogP contribution is 2.28. The molecule has 4 heterocycles. The van der Waals surface area contributed by atoms with Gasteiger partial charge in [0.15, 0.2) is 6.10 Å². The number of fused-ring (bicyclic) bond motifs is 1. The van der Waals surface area contributed by atoms with E-state index in [0.717, 1.165) is 36.1 Å². The van der Waals surface area contributed by atoms with Crippen LogP contribution in [-0.4, -0.2) is 142 Å². The number of nitrogens with zero attached hydrogens (tertiary/aromatic N) is 5. The average Bonchev–Trinajstić information content (AvgIpc) is 3.33. The van der Waals surface area contributed by atoms with Crippen LogP contribution in [0.4, 0.5) is 15.3 Å². The van der Waals surface area contributed by atoms with E-state index in [2.05, 4.69) is 10.2 Å². The molecule has 3 fully saturated rings. The van der Waals surface area contributed by atoms with Crippen LogP contribution in [-0.2, 0) is 32.0 Å². The summed E-state index contributed by atoms with van der Waals surface area (Å²) in [7, 11) is 0. The van der Waals surface area contributed by atoms with Gasteiger partial charge in [-0.05, 0) is 74.3 Å². The minimum atomic E-state index is -1.05. The summed E-state index contributed by atoms with van der Waals surface area (Å²) in [6.45, 7) is 8.54. The van der Waals surface area contributed by atoms with Crippen LogP contribution in [0.15, 0.2) is 36.4 Å². The van der Waals surface area contributed by atoms with Gasteiger partial charge in [-0.3, -0.25) is 19.3 Å². The number of para-hydroxylation sites is 1. The number of piperazine rings is 1. The van der Waals surface area contributed by atoms with E-state index in [1.165, 1.54) is 0 Å². The molecule has 0 bridgehead atoms. The second-order valence-corrected chi connectivity index (χ2v) is 14.8. The monoisotopic (exact) mass is 732 g/mol. The lowest BCUT2D eigenvalue weighted by Gasteiger charge is -2.43. The van der Waals surface area contributed by atoms with Crippen LogP contribution in [0.2, 0.25) is 0 Å². The van der Waals surface area contributed by atoms with E-state index < -0.39 is 18.2 Å². The van der Waals surface area contributed by atoms with Crippen molar-refractivity contribution in [1.82, 2.24) is 24.5 Å². The number of likely N-dealkylation sites (tertiary alicyclic amines) is 2. The molecule has 0 spiro atoms. The standard InChI is InChI=1S/C39H52N6O8/c1-26-23-28(24-27(2)36(26)49)25-33(37(50)43-14-10-30(11-15-43)41-19-21-42(22-20-41)34(46)7-8-35(47)48)53-39(52)44-16-12-31(13-17-44)45-18-9-29-5-3-4-6-32(29)40-38(45)51/h3-6,23-24,30-31,33,49H,7-22,25H2,1-2H3,(H,40,51)(H,47,48)/t33-/m1/s1. The van der Waals surface area contributed by atoms with Crippen LogP contribution in [0, 0.1) is 13.8 Å². The summed E-state index contributed by atoms with van der Waals surface area (Å²) in [5.74, 6) is -1.15. The van der Waals surface area contributed by atoms with Gasteiger partial charge in [-0.1, -0.05) is 30.3 Å². The van der Waals surface area contributed by atoms with E-state index in [-0.39, 0.29) is 54.9 Å². The van der Waals surface area contributed by atoms with Gasteiger partial charge in [0, 0.05) is 89.5 Å². The maximum absolute atomic E-state index is 14.1. The van der Waals surface area contributed by atoms with Crippen molar-refractivity contribution < 1.29 is 38.9 Å². The van der Waals surface area contributed by atoms with Gasteiger partial charge in [-0.15, -0.1) is 0 Å². The number of carboxylic acids is 1. The summed E-state index contributed by atoms with van der Waals surface area (Å²) in [5, 5.41) is 22.3. The molecule has 4 aliphatic rings. The number of aromatic hydroxyl groups is 1. The highest BCUT2D eigenvalue weighted by Gasteiger charge is 2.37. The molecule has 14 nitrogen and oxygen atoms in total. The molecule has 14 heteroatoms. The number of urea groups is 1. The van der Waals surface area contributed by atoms with Crippen molar-refractivity contribution in [3.63, 3.8) is 0 Å². The van der Waals surface area contributed by atoms with Crippen LogP contribution < -0.4 is 5.32 Å². The summed E-state index contributed by atoms with van der Waals surface area (Å²) in [6.07, 6.45) is 1.88. The number of phenols is 1. The van der Waals surface area contributed by atoms with Gasteiger partial charge in [-0.25, -0.2) is 9.59 Å². The molecule has 3 saturated heterocycles. The number of aliphatic carboxylic acids is 1. The van der Waals surface area contributed by atoms with Crippen LogP contribution in [0.1, 0.15) is 60.8 Å². The van der Waals surface area contributed by atoms with E-state index in [0.29, 0.717) is 82.9 Å². The van der Waals surface area contributed by atoms with Crippen molar-refractivity contribution in [3.05, 3.63) is 58.7 Å². The first-order valence-corrected chi connectivity index (χ1v) is 18.9. The van der Waals surface area contributed by atoms with E-state index in [4.69, 9.17) is 9.84 Å². The maximum Gasteiger partial charge on any atom is 0.410 e. The first-order chi connectivity index (χ1) is 25.5. The Morgan fingerprint density at radius 1 is 0.811 bits per heavy atom. The van der Waals surface area contributed by atoms with Gasteiger partial charge in [0.05, 0.1) is 6.42 Å². The zero-order valence-electron chi connectivity index (χ0n) is 30.8. The number of ether oxygens (including phenoxy) is 1. The molecular formula is C39H52N6O8. The summed E-state index contributed by atoms with van der Waals surface area (Å²) >= 11 is 0. The Balaban J connectivity index is 1.04. The molecule has 3 N–H and O–H groups in total. The number of aryl methyl sites for hydroxylation is 2. The molecule has 5 amide bonds. The zero-order chi connectivity index (χ0) is 37.6. The number of carbonyl (C=O) groups excluding carboxylic acids is 4. The quantitative estimate of drug-likeness (QED) is 0.350. The van der Waals surface area contributed by atoms with Crippen molar-refractivity contribution in [2.75, 3.05) is 64.2 Å². The number of piperidine rings is 2. The highest BCUT2D eigenvalue weighted by atomic mass is 16.6. The number of carboxylic acid groups (broad SMARTS) is 1. The normalized spacial score (nSPS) is 19.6. The molecule has 4 aliphatic heterocycles. The zero-order valence-corrected chi connectivity index (χ0v) is 30.8. The fraction of sp³-hybridized carbons (Fsp3) is 0.564. The van der Waals surface area contributed by atoms with Crippen LogP contribution in [0.25, 0.3) is 0 Å². The van der Waals surface area contributed by atoms with Crippen molar-refractivity contribution >= 4 is 35.6 Å². The van der Waals surface area contributed by atoms with Gasteiger partial charge in [0.1, 0.15) is 5.75 Å². The predicted octanol–water partition coefficient (Wildman–Crippen LogP) is 3.61. The third-order valence-corrected chi connectivity index (χ3v) is 11.3. The largest absolute Gasteiger partial charge is 0.507 e. The average molecular weight is 733 g/mol. The molecule has 1 atom stereocenters. The SMILES string of the molecule is Cc1cc(C[C@@H](OC(=O)N2CCC(N3CCc4ccccc4NC3=O)CC2)C(=O)N2CCC(N3CCN(C(=O)CCC(=O)O)CC3)CC2)cc(C)c1O. The summed E-state index contributed by atoms with van der Waals surface area (Å²) < 4.78 is 6.05. The van der Waals surface area contributed by atoms with Crippen LogP contribution in [0.5, 0.6) is 5.75 Å². The van der Waals surface area contributed by atoms with Crippen LogP contribution >= 0.6 is 0 Å². The number of anilines is 1. The Morgan fingerprint density at radius 3 is 2.09 bits per heavy atom. The number of hydrogen-bond acceptors (Lipinski definition) is 8. The number of benzene rings is 2. The van der Waals surface area contributed by atoms with E-state index in [9.17, 15) is 29.1 Å². The molecule has 0 aromatic heterocycles. The molecule has 0 unspecified atom stereocenters. The maximum atomic E-state index is 14.1. The molecule has 2 aromatic rings. The first-order valence-electron chi connectivity index (χ1n) is 18.9. The van der Waals surface area contributed by atoms with Gasteiger partial charge < -0.3 is 39.9 Å². The van der Waals surface area contributed by atoms with E-state index >= 15 is 0 Å². The van der Waals surface area contributed by atoms with Crippen molar-refractivity contribution in [2.24, 2.45) is 0 Å². The third kappa shape index (κ3) is 9.21. The fourth-order valence-electron chi connectivity index (χ4n) is 8.21. The summed E-state index contributed by atoms with van der Waals surface area (Å²) in [4.78, 5) is 73.5. The van der Waals surface area contributed by atoms with Crippen molar-refractivity contribution in [1.29, 1.82) is 0 Å². The molecule has 0 saturated carbocycles. The highest BCUT2D eigenvalue weighted by molar-refractivity contribution is 5.91. The molecule has 0 aliphatic carbocycles. The summed E-state index contributed by atoms with van der Waals surface area (Å²) in [6, 6.07) is 11.6. The Bertz CT molecular complexity index is 1650. The second-order valence-electron chi connectivity index (χ2n) is 14.8. The number of hydrogen-bond donors (Lipinski definition) is 3. The van der Waals surface area contributed by atoms with Gasteiger partial charge in [0.2, 0.25) is 5.91 Å². The van der Waals surface area contributed by atoms with E-state index in [1.807, 2.05) is 41.3 Å². The third-order valence-electron chi connectivity index (χ3n) is 11.3. The Hall–Kier alpha value is -4.85. The molecule has 53 heavy (non-hydrogen) atoms. The lowest BCUT2D eigenvalue weighted by molar-refractivity contribution is -0.143. The smallest absolute Gasteiger partial charge is 0.410 e. The topological polar surface area (TPSA) is 163 Å². The fourth-order valence-corrected chi connectivity index (χ4v) is 8.21. The number of carbonyl (C=O) groups is 5. The Morgan fingerprint density at radius 2 is 1.43 bits per heavy atom. The second kappa shape index (κ2) is 16.9. The van der Waals surface area contributed by atoms with Gasteiger partial charge in [-0.2, -0.15) is 0 Å². The molecular weight excluding hydrogens is 680 g/mol. The molecule has 0 radical (unpaired) electrons. The van der Waals surface area contributed by atoms with Crippen molar-refractivity contribution in [2.45, 2.75) is 83.4 Å². The van der Waals surface area contributed by atoms with Gasteiger partial charge in [0.25, 0.3) is 5.91 Å². The number of amides is 5. The van der Waals surface area contributed by atoms with Gasteiger partial charge >= 0.3 is 18.1 Å². The number of rotatable bonds is 9. The molecule has 286 valence electrons. The molecule has 2 aromatic carbocycles. The molecule has 6 rings (SSSR count). The lowest BCUT2D eigenvalue weighted by Crippen LogP contribution is -2.56. The Labute approximate surface area is 310 Å². The summed E-state index contributed by atoms with van der Waals surface area (Å²) in [5.41, 5.74) is 4.10. The minimum Gasteiger partial charge on any atom is -0.507 e. The van der Waals surface area contributed by atoms with E-state index in [1.54, 1.807) is 28.5 Å².